The smallest absolute Gasteiger partial charge is 0.126 e. The minimum atomic E-state index is -0.538. The van der Waals surface area contributed by atoms with E-state index < -0.39 is 11.6 Å². The Hall–Kier alpha value is -1.00. The Balaban J connectivity index is 1.70. The van der Waals surface area contributed by atoms with E-state index in [1.807, 2.05) is 6.92 Å². The van der Waals surface area contributed by atoms with Crippen molar-refractivity contribution in [3.63, 3.8) is 0 Å². The summed E-state index contributed by atoms with van der Waals surface area (Å²) in [6.45, 7) is 4.05. The number of benzene rings is 1. The Morgan fingerprint density at radius 3 is 2.56 bits per heavy atom. The molecule has 0 saturated heterocycles. The maximum Gasteiger partial charge on any atom is 0.126 e. The Bertz CT molecular complexity index is 373. The van der Waals surface area contributed by atoms with Gasteiger partial charge in [0.05, 0.1) is 6.61 Å². The summed E-state index contributed by atoms with van der Waals surface area (Å²) in [6.07, 6.45) is 2.57. The van der Waals surface area contributed by atoms with Gasteiger partial charge in [-0.25, -0.2) is 8.78 Å². The molecule has 2 nitrogen and oxygen atoms in total. The molecule has 0 bridgehead atoms. The largest absolute Gasteiger partial charge is 0.380 e. The second kappa shape index (κ2) is 6.25. The van der Waals surface area contributed by atoms with Crippen LogP contribution in [0.5, 0.6) is 0 Å². The molecule has 4 heteroatoms. The predicted molar refractivity (Wildman–Crippen MR) is 66.3 cm³/mol. The van der Waals surface area contributed by atoms with Gasteiger partial charge >= 0.3 is 0 Å². The molecule has 1 fully saturated rings. The highest BCUT2D eigenvalue weighted by atomic mass is 19.1. The molecule has 2 rings (SSSR count). The molecule has 1 unspecified atom stereocenters. The summed E-state index contributed by atoms with van der Waals surface area (Å²) in [5.41, 5.74) is 0.620. The van der Waals surface area contributed by atoms with Gasteiger partial charge in [-0.2, -0.15) is 0 Å². The second-order valence-electron chi connectivity index (χ2n) is 4.90. The molecule has 0 heterocycles. The third-order valence-electron chi connectivity index (χ3n) is 3.13. The number of hydrogen-bond donors (Lipinski definition) is 1. The highest BCUT2D eigenvalue weighted by Gasteiger charge is 2.20. The van der Waals surface area contributed by atoms with Gasteiger partial charge < -0.3 is 10.1 Å². The van der Waals surface area contributed by atoms with Crippen LogP contribution in [0, 0.1) is 17.6 Å². The summed E-state index contributed by atoms with van der Waals surface area (Å²) in [5, 5.41) is 3.19. The van der Waals surface area contributed by atoms with Crippen molar-refractivity contribution in [2.45, 2.75) is 25.8 Å². The first-order valence-electron chi connectivity index (χ1n) is 6.42. The highest BCUT2D eigenvalue weighted by Crippen LogP contribution is 2.28. The van der Waals surface area contributed by atoms with Crippen LogP contribution < -0.4 is 5.32 Å². The van der Waals surface area contributed by atoms with Gasteiger partial charge in [-0.05, 0) is 43.4 Å². The van der Waals surface area contributed by atoms with Gasteiger partial charge in [-0.15, -0.1) is 0 Å². The van der Waals surface area contributed by atoms with E-state index >= 15 is 0 Å². The first-order chi connectivity index (χ1) is 8.65. The summed E-state index contributed by atoms with van der Waals surface area (Å²) in [4.78, 5) is 0. The van der Waals surface area contributed by atoms with Crippen molar-refractivity contribution in [1.82, 2.24) is 5.32 Å². The Kier molecular flexibility index (Phi) is 4.66. The highest BCUT2D eigenvalue weighted by molar-refractivity contribution is 5.20. The van der Waals surface area contributed by atoms with Gasteiger partial charge in [0.1, 0.15) is 11.6 Å². The molecule has 1 atom stereocenters. The normalized spacial score (nSPS) is 16.8. The Morgan fingerprint density at radius 1 is 1.28 bits per heavy atom. The van der Waals surface area contributed by atoms with Gasteiger partial charge in [-0.3, -0.25) is 0 Å². The molecule has 1 aliphatic rings. The van der Waals surface area contributed by atoms with Crippen molar-refractivity contribution in [2.75, 3.05) is 19.8 Å². The van der Waals surface area contributed by atoms with Gasteiger partial charge in [0, 0.05) is 25.3 Å². The standard InChI is InChI=1S/C14H19F2NO/c1-10(12-6-13(15)8-14(16)7-12)17-4-5-18-9-11-2-3-11/h6-8,10-11,17H,2-5,9H2,1H3. The second-order valence-corrected chi connectivity index (χ2v) is 4.90. The topological polar surface area (TPSA) is 21.3 Å². The van der Waals surface area contributed by atoms with E-state index in [4.69, 9.17) is 4.74 Å². The van der Waals surface area contributed by atoms with Crippen molar-refractivity contribution < 1.29 is 13.5 Å². The molecule has 0 radical (unpaired) electrons. The number of nitrogens with one attached hydrogen (secondary N) is 1. The minimum Gasteiger partial charge on any atom is -0.380 e. The van der Waals surface area contributed by atoms with E-state index in [1.165, 1.54) is 25.0 Å². The van der Waals surface area contributed by atoms with Crippen LogP contribution in [0.15, 0.2) is 18.2 Å². The van der Waals surface area contributed by atoms with E-state index in [0.29, 0.717) is 18.7 Å². The summed E-state index contributed by atoms with van der Waals surface area (Å²) in [7, 11) is 0. The lowest BCUT2D eigenvalue weighted by Crippen LogP contribution is -2.23. The van der Waals surface area contributed by atoms with Crippen LogP contribution >= 0.6 is 0 Å². The zero-order chi connectivity index (χ0) is 13.0. The molecule has 1 aromatic rings. The average molecular weight is 255 g/mol. The molecule has 18 heavy (non-hydrogen) atoms. The monoisotopic (exact) mass is 255 g/mol. The van der Waals surface area contributed by atoms with Crippen LogP contribution in [0.4, 0.5) is 8.78 Å². The zero-order valence-corrected chi connectivity index (χ0v) is 10.6. The van der Waals surface area contributed by atoms with Gasteiger partial charge in [0.15, 0.2) is 0 Å². The molecular weight excluding hydrogens is 236 g/mol. The fourth-order valence-electron chi connectivity index (χ4n) is 1.83. The molecule has 0 spiro atoms. The first-order valence-corrected chi connectivity index (χ1v) is 6.42. The summed E-state index contributed by atoms with van der Waals surface area (Å²) in [6, 6.07) is 3.51. The molecule has 0 amide bonds. The Labute approximate surface area is 106 Å². The molecule has 1 aliphatic carbocycles. The molecule has 1 N–H and O–H groups in total. The van der Waals surface area contributed by atoms with Crippen LogP contribution in [0.2, 0.25) is 0 Å². The van der Waals surface area contributed by atoms with Crippen LogP contribution in [0.3, 0.4) is 0 Å². The molecule has 0 aromatic heterocycles. The maximum atomic E-state index is 13.0. The van der Waals surface area contributed by atoms with Gasteiger partial charge in [-0.1, -0.05) is 0 Å². The fraction of sp³-hybridized carbons (Fsp3) is 0.571. The summed E-state index contributed by atoms with van der Waals surface area (Å²) < 4.78 is 31.5. The van der Waals surface area contributed by atoms with E-state index in [-0.39, 0.29) is 6.04 Å². The lowest BCUT2D eigenvalue weighted by molar-refractivity contribution is 0.124. The SMILES string of the molecule is CC(NCCOCC1CC1)c1cc(F)cc(F)c1. The van der Waals surface area contributed by atoms with Crippen LogP contribution in [0.1, 0.15) is 31.4 Å². The fourth-order valence-corrected chi connectivity index (χ4v) is 1.83. The van der Waals surface area contributed by atoms with Gasteiger partial charge in [0.25, 0.3) is 0 Å². The number of hydrogen-bond acceptors (Lipinski definition) is 2. The number of rotatable bonds is 7. The van der Waals surface area contributed by atoms with E-state index in [9.17, 15) is 8.78 Å². The molecule has 1 aromatic carbocycles. The summed E-state index contributed by atoms with van der Waals surface area (Å²) in [5.74, 6) is -0.313. The molecule has 0 aliphatic heterocycles. The quantitative estimate of drug-likeness (QED) is 0.756. The lowest BCUT2D eigenvalue weighted by Gasteiger charge is -2.14. The van der Waals surface area contributed by atoms with Crippen LogP contribution in [-0.2, 0) is 4.74 Å². The number of ether oxygens (including phenoxy) is 1. The third-order valence-corrected chi connectivity index (χ3v) is 3.13. The van der Waals surface area contributed by atoms with E-state index in [2.05, 4.69) is 5.32 Å². The van der Waals surface area contributed by atoms with Crippen molar-refractivity contribution in [1.29, 1.82) is 0 Å². The molecule has 1 saturated carbocycles. The van der Waals surface area contributed by atoms with Crippen LogP contribution in [-0.4, -0.2) is 19.8 Å². The molecule has 100 valence electrons. The minimum absolute atomic E-state index is 0.0836. The van der Waals surface area contributed by atoms with Crippen molar-refractivity contribution >= 4 is 0 Å². The first kappa shape index (κ1) is 13.4. The third kappa shape index (κ3) is 4.35. The molecular formula is C14H19F2NO. The lowest BCUT2D eigenvalue weighted by atomic mass is 10.1. The maximum absolute atomic E-state index is 13.0. The van der Waals surface area contributed by atoms with Gasteiger partial charge in [0.2, 0.25) is 0 Å². The summed E-state index contributed by atoms with van der Waals surface area (Å²) >= 11 is 0. The number of halogens is 2. The van der Waals surface area contributed by atoms with E-state index in [0.717, 1.165) is 18.6 Å². The van der Waals surface area contributed by atoms with Crippen molar-refractivity contribution in [3.8, 4) is 0 Å². The van der Waals surface area contributed by atoms with Crippen molar-refractivity contribution in [2.24, 2.45) is 5.92 Å². The average Bonchev–Trinajstić information content (AvgIpc) is 3.11. The zero-order valence-electron chi connectivity index (χ0n) is 10.6. The van der Waals surface area contributed by atoms with Crippen molar-refractivity contribution in [3.05, 3.63) is 35.4 Å². The Morgan fingerprint density at radius 2 is 1.94 bits per heavy atom. The van der Waals surface area contributed by atoms with Crippen LogP contribution in [0.25, 0.3) is 0 Å². The predicted octanol–water partition coefficient (Wildman–Crippen LogP) is 3.04. The van der Waals surface area contributed by atoms with E-state index in [1.54, 1.807) is 0 Å².